The van der Waals surface area contributed by atoms with Crippen LogP contribution in [-0.2, 0) is 4.79 Å². The summed E-state index contributed by atoms with van der Waals surface area (Å²) in [6.07, 6.45) is 0. The zero-order valence-electron chi connectivity index (χ0n) is 24.1. The highest BCUT2D eigenvalue weighted by molar-refractivity contribution is 6.04. The van der Waals surface area contributed by atoms with Crippen LogP contribution in [-0.4, -0.2) is 35.8 Å². The average molecular weight is 563 g/mol. The molecule has 0 unspecified atom stereocenters. The fraction of sp³-hybridized carbons (Fsp3) is 0.147. The van der Waals surface area contributed by atoms with Crippen molar-refractivity contribution in [1.29, 1.82) is 0 Å². The van der Waals surface area contributed by atoms with E-state index in [0.29, 0.717) is 16.9 Å². The lowest BCUT2D eigenvalue weighted by Crippen LogP contribution is -2.13. The molecule has 1 aromatic heterocycles. The Hall–Kier alpha value is -5.24. The van der Waals surface area contributed by atoms with Gasteiger partial charge in [-0.25, -0.2) is 4.39 Å². The molecule has 8 heteroatoms. The fourth-order valence-corrected chi connectivity index (χ4v) is 4.78. The van der Waals surface area contributed by atoms with Crippen LogP contribution in [0.4, 0.5) is 15.8 Å². The van der Waals surface area contributed by atoms with E-state index in [2.05, 4.69) is 5.32 Å². The number of amides is 1. The Bertz CT molecular complexity index is 1770. The molecule has 1 heterocycles. The molecular weight excluding hydrogens is 531 g/mol. The van der Waals surface area contributed by atoms with Crippen LogP contribution in [0.1, 0.15) is 28.4 Å². The van der Waals surface area contributed by atoms with Gasteiger partial charge in [-0.3, -0.25) is 9.59 Å². The summed E-state index contributed by atoms with van der Waals surface area (Å²) >= 11 is 0. The third-order valence-electron chi connectivity index (χ3n) is 6.87. The van der Waals surface area contributed by atoms with Crippen molar-refractivity contribution in [3.8, 4) is 34.0 Å². The summed E-state index contributed by atoms with van der Waals surface area (Å²) in [4.78, 5) is 27.1. The van der Waals surface area contributed by atoms with Crippen LogP contribution in [0, 0.1) is 19.7 Å². The average Bonchev–Trinajstić information content (AvgIpc) is 3.31. The number of nitrogens with one attached hydrogen (secondary N) is 1. The van der Waals surface area contributed by atoms with Gasteiger partial charge in [0.05, 0.1) is 16.8 Å². The number of esters is 1. The third-order valence-corrected chi connectivity index (χ3v) is 6.87. The van der Waals surface area contributed by atoms with Crippen LogP contribution in [0.3, 0.4) is 0 Å². The summed E-state index contributed by atoms with van der Waals surface area (Å²) in [5, 5.41) is 7.72. The Morgan fingerprint density at radius 3 is 2.17 bits per heavy atom. The van der Waals surface area contributed by atoms with Crippen molar-refractivity contribution in [1.82, 2.24) is 9.78 Å². The number of carbonyl (C=O) groups excluding carboxylic acids is 2. The van der Waals surface area contributed by atoms with Gasteiger partial charge in [0, 0.05) is 38.0 Å². The molecule has 0 fully saturated rings. The van der Waals surface area contributed by atoms with Crippen molar-refractivity contribution in [3.63, 3.8) is 0 Å². The van der Waals surface area contributed by atoms with Crippen molar-refractivity contribution in [2.75, 3.05) is 24.3 Å². The summed E-state index contributed by atoms with van der Waals surface area (Å²) in [6.45, 7) is 5.36. The monoisotopic (exact) mass is 562 g/mol. The highest BCUT2D eigenvalue weighted by Gasteiger charge is 2.25. The van der Waals surface area contributed by atoms with Crippen molar-refractivity contribution < 1.29 is 18.7 Å². The number of aromatic nitrogens is 2. The summed E-state index contributed by atoms with van der Waals surface area (Å²) < 4.78 is 21.6. The molecule has 0 aliphatic rings. The molecule has 1 amide bonds. The van der Waals surface area contributed by atoms with E-state index < -0.39 is 17.7 Å². The Labute approximate surface area is 244 Å². The molecule has 212 valence electrons. The van der Waals surface area contributed by atoms with Gasteiger partial charge in [0.2, 0.25) is 5.88 Å². The van der Waals surface area contributed by atoms with E-state index in [1.54, 1.807) is 22.9 Å². The fourth-order valence-electron chi connectivity index (χ4n) is 4.78. The van der Waals surface area contributed by atoms with E-state index in [9.17, 15) is 14.0 Å². The second-order valence-electron chi connectivity index (χ2n) is 10.3. The Morgan fingerprint density at radius 1 is 0.881 bits per heavy atom. The molecule has 7 nitrogen and oxygen atoms in total. The molecule has 42 heavy (non-hydrogen) atoms. The van der Waals surface area contributed by atoms with E-state index in [0.717, 1.165) is 33.6 Å². The zero-order valence-corrected chi connectivity index (χ0v) is 24.1. The van der Waals surface area contributed by atoms with Crippen molar-refractivity contribution >= 4 is 23.3 Å². The molecule has 0 bridgehead atoms. The number of carbonyl (C=O) groups is 2. The molecule has 4 aromatic carbocycles. The zero-order chi connectivity index (χ0) is 30.0. The highest BCUT2D eigenvalue weighted by Crippen LogP contribution is 2.42. The van der Waals surface area contributed by atoms with E-state index in [1.807, 2.05) is 87.4 Å². The first-order chi connectivity index (χ1) is 20.1. The molecular formula is C34H31FN4O3. The molecule has 0 radical (unpaired) electrons. The minimum Gasteiger partial charge on any atom is -0.407 e. The van der Waals surface area contributed by atoms with Gasteiger partial charge in [-0.05, 0) is 67.4 Å². The Kier molecular flexibility index (Phi) is 7.88. The van der Waals surface area contributed by atoms with Gasteiger partial charge < -0.3 is 15.0 Å². The smallest absolute Gasteiger partial charge is 0.309 e. The van der Waals surface area contributed by atoms with Crippen LogP contribution in [0.15, 0.2) is 91.0 Å². The van der Waals surface area contributed by atoms with Crippen LogP contribution in [0.25, 0.3) is 28.1 Å². The van der Waals surface area contributed by atoms with Gasteiger partial charge in [-0.1, -0.05) is 54.1 Å². The van der Waals surface area contributed by atoms with E-state index >= 15 is 0 Å². The second kappa shape index (κ2) is 11.7. The maximum atomic E-state index is 14.1. The number of benzene rings is 4. The maximum absolute atomic E-state index is 14.1. The van der Waals surface area contributed by atoms with Crippen LogP contribution < -0.4 is 15.0 Å². The number of hydrogen-bond donors (Lipinski definition) is 1. The first kappa shape index (κ1) is 28.3. The van der Waals surface area contributed by atoms with Crippen molar-refractivity contribution in [3.05, 3.63) is 114 Å². The standard InChI is InChI=1S/C34H31FN4O3/c1-21-10-19-30(22(2)20-21)39-34(42-23(3)40)31(32(37-39)25-13-17-27(18-14-25)38(4)5)24-11-15-26(16-12-24)36-33(41)28-8-6-7-9-29(28)35/h6-20H,1-5H3,(H,36,41). The SMILES string of the molecule is CC(=O)Oc1c(-c2ccc(NC(=O)c3ccccc3F)cc2)c(-c2ccc(N(C)C)cc2)nn1-c1ccc(C)cc1C. The van der Waals surface area contributed by atoms with Gasteiger partial charge in [-0.2, -0.15) is 9.78 Å². The van der Waals surface area contributed by atoms with Crippen LogP contribution in [0.2, 0.25) is 0 Å². The quantitative estimate of drug-likeness (QED) is 0.212. The molecule has 0 saturated carbocycles. The third kappa shape index (κ3) is 5.78. The lowest BCUT2D eigenvalue weighted by molar-refractivity contribution is -0.132. The van der Waals surface area contributed by atoms with Gasteiger partial charge in [0.1, 0.15) is 11.5 Å². The maximum Gasteiger partial charge on any atom is 0.309 e. The second-order valence-corrected chi connectivity index (χ2v) is 10.3. The summed E-state index contributed by atoms with van der Waals surface area (Å²) in [5.41, 5.74) is 7.13. The predicted octanol–water partition coefficient (Wildman–Crippen LogP) is 7.21. The van der Waals surface area contributed by atoms with Crippen molar-refractivity contribution in [2.45, 2.75) is 20.8 Å². The lowest BCUT2D eigenvalue weighted by atomic mass is 10.0. The normalized spacial score (nSPS) is 10.8. The number of nitrogens with zero attached hydrogens (tertiary/aromatic N) is 3. The molecule has 5 aromatic rings. The molecule has 0 spiro atoms. The minimum atomic E-state index is -0.596. The number of ether oxygens (including phenoxy) is 1. The number of aryl methyl sites for hydroxylation is 2. The number of anilines is 2. The van der Waals surface area contributed by atoms with Gasteiger partial charge in [0.25, 0.3) is 5.91 Å². The molecule has 0 atom stereocenters. The molecule has 1 N–H and O–H groups in total. The molecule has 0 saturated heterocycles. The Morgan fingerprint density at radius 2 is 1.55 bits per heavy atom. The largest absolute Gasteiger partial charge is 0.407 e. The van der Waals surface area contributed by atoms with Gasteiger partial charge in [0.15, 0.2) is 0 Å². The lowest BCUT2D eigenvalue weighted by Gasteiger charge is -2.13. The molecule has 0 aliphatic heterocycles. The van der Waals surface area contributed by atoms with Crippen LogP contribution >= 0.6 is 0 Å². The van der Waals surface area contributed by atoms with E-state index in [4.69, 9.17) is 9.84 Å². The Balaban J connectivity index is 1.64. The first-order valence-electron chi connectivity index (χ1n) is 13.5. The van der Waals surface area contributed by atoms with Crippen LogP contribution in [0.5, 0.6) is 5.88 Å². The first-order valence-corrected chi connectivity index (χ1v) is 13.5. The number of halogens is 1. The molecule has 0 aliphatic carbocycles. The topological polar surface area (TPSA) is 76.5 Å². The minimum absolute atomic E-state index is 0.0445. The predicted molar refractivity (Wildman–Crippen MR) is 164 cm³/mol. The molecule has 5 rings (SSSR count). The highest BCUT2D eigenvalue weighted by atomic mass is 19.1. The van der Waals surface area contributed by atoms with E-state index in [1.165, 1.54) is 25.1 Å². The van der Waals surface area contributed by atoms with Crippen molar-refractivity contribution in [2.24, 2.45) is 0 Å². The summed E-state index contributed by atoms with van der Waals surface area (Å²) in [5.74, 6) is -1.35. The van der Waals surface area contributed by atoms with Gasteiger partial charge in [-0.15, -0.1) is 0 Å². The number of hydrogen-bond acceptors (Lipinski definition) is 5. The van der Waals surface area contributed by atoms with Gasteiger partial charge >= 0.3 is 5.97 Å². The van der Waals surface area contributed by atoms with E-state index in [-0.39, 0.29) is 11.4 Å². The summed E-state index contributed by atoms with van der Waals surface area (Å²) in [7, 11) is 3.95. The number of rotatable bonds is 7. The summed E-state index contributed by atoms with van der Waals surface area (Å²) in [6, 6.07) is 26.8.